The first-order chi connectivity index (χ1) is 9.48. The SMILES string of the molecule is COc1ccc(OC)c(C(C)(N)c2ccc(Br)cc2)c1. The summed E-state index contributed by atoms with van der Waals surface area (Å²) in [5, 5.41) is 0. The topological polar surface area (TPSA) is 44.5 Å². The van der Waals surface area contributed by atoms with Gasteiger partial charge in [-0.2, -0.15) is 0 Å². The standard InChI is InChI=1S/C16H18BrNO2/c1-16(18,11-4-6-12(17)7-5-11)14-10-13(19-2)8-9-15(14)20-3/h4-10H,18H2,1-3H3. The van der Waals surface area contributed by atoms with E-state index < -0.39 is 5.54 Å². The number of halogens is 1. The predicted molar refractivity (Wildman–Crippen MR) is 84.3 cm³/mol. The molecule has 2 aromatic rings. The zero-order valence-electron chi connectivity index (χ0n) is 11.8. The Morgan fingerprint density at radius 1 is 1.00 bits per heavy atom. The third-order valence-corrected chi connectivity index (χ3v) is 3.94. The van der Waals surface area contributed by atoms with Gasteiger partial charge in [0, 0.05) is 10.0 Å². The number of methoxy groups -OCH3 is 2. The summed E-state index contributed by atoms with van der Waals surface area (Å²) in [6.07, 6.45) is 0. The second-order valence-electron chi connectivity index (χ2n) is 4.78. The molecule has 0 saturated heterocycles. The van der Waals surface area contributed by atoms with Crippen molar-refractivity contribution in [3.05, 3.63) is 58.1 Å². The molecule has 0 aliphatic rings. The highest BCUT2D eigenvalue weighted by molar-refractivity contribution is 9.10. The summed E-state index contributed by atoms with van der Waals surface area (Å²) in [4.78, 5) is 0. The van der Waals surface area contributed by atoms with E-state index in [9.17, 15) is 0 Å². The average molecular weight is 336 g/mol. The first-order valence-electron chi connectivity index (χ1n) is 6.26. The van der Waals surface area contributed by atoms with E-state index in [-0.39, 0.29) is 0 Å². The molecule has 0 radical (unpaired) electrons. The highest BCUT2D eigenvalue weighted by Crippen LogP contribution is 2.36. The number of rotatable bonds is 4. The van der Waals surface area contributed by atoms with Crippen molar-refractivity contribution in [2.75, 3.05) is 14.2 Å². The Balaban J connectivity index is 2.54. The van der Waals surface area contributed by atoms with Crippen LogP contribution < -0.4 is 15.2 Å². The van der Waals surface area contributed by atoms with Crippen LogP contribution in [-0.4, -0.2) is 14.2 Å². The van der Waals surface area contributed by atoms with Gasteiger partial charge in [-0.15, -0.1) is 0 Å². The average Bonchev–Trinajstić information content (AvgIpc) is 2.47. The van der Waals surface area contributed by atoms with Crippen molar-refractivity contribution in [3.63, 3.8) is 0 Å². The molecule has 2 N–H and O–H groups in total. The van der Waals surface area contributed by atoms with Crippen LogP contribution in [0.25, 0.3) is 0 Å². The molecule has 0 bridgehead atoms. The van der Waals surface area contributed by atoms with Crippen molar-refractivity contribution < 1.29 is 9.47 Å². The van der Waals surface area contributed by atoms with E-state index in [0.29, 0.717) is 0 Å². The lowest BCUT2D eigenvalue weighted by Gasteiger charge is -2.28. The van der Waals surface area contributed by atoms with Gasteiger partial charge >= 0.3 is 0 Å². The molecule has 0 fully saturated rings. The van der Waals surface area contributed by atoms with Crippen LogP contribution in [0, 0.1) is 0 Å². The van der Waals surface area contributed by atoms with Crippen LogP contribution in [0.1, 0.15) is 18.1 Å². The van der Waals surface area contributed by atoms with E-state index in [1.807, 2.05) is 49.4 Å². The zero-order chi connectivity index (χ0) is 14.8. The summed E-state index contributed by atoms with van der Waals surface area (Å²) < 4.78 is 11.7. The van der Waals surface area contributed by atoms with Gasteiger partial charge in [-0.05, 0) is 42.8 Å². The minimum atomic E-state index is -0.666. The van der Waals surface area contributed by atoms with Crippen molar-refractivity contribution in [2.24, 2.45) is 5.73 Å². The smallest absolute Gasteiger partial charge is 0.124 e. The molecule has 1 unspecified atom stereocenters. The molecule has 0 heterocycles. The zero-order valence-corrected chi connectivity index (χ0v) is 13.4. The molecular weight excluding hydrogens is 318 g/mol. The van der Waals surface area contributed by atoms with Gasteiger partial charge in [-0.3, -0.25) is 0 Å². The number of benzene rings is 2. The van der Waals surface area contributed by atoms with Crippen molar-refractivity contribution in [3.8, 4) is 11.5 Å². The van der Waals surface area contributed by atoms with Crippen molar-refractivity contribution in [1.82, 2.24) is 0 Å². The minimum Gasteiger partial charge on any atom is -0.497 e. The molecule has 2 aromatic carbocycles. The van der Waals surface area contributed by atoms with Crippen molar-refractivity contribution in [1.29, 1.82) is 0 Å². The number of hydrogen-bond donors (Lipinski definition) is 1. The molecule has 0 spiro atoms. The lowest BCUT2D eigenvalue weighted by Crippen LogP contribution is -2.34. The third-order valence-electron chi connectivity index (χ3n) is 3.41. The van der Waals surface area contributed by atoms with Gasteiger partial charge in [0.2, 0.25) is 0 Å². The van der Waals surface area contributed by atoms with Crippen LogP contribution in [0.2, 0.25) is 0 Å². The maximum absolute atomic E-state index is 6.56. The second kappa shape index (κ2) is 5.85. The minimum absolute atomic E-state index is 0.666. The molecule has 2 rings (SSSR count). The van der Waals surface area contributed by atoms with E-state index in [0.717, 1.165) is 27.1 Å². The van der Waals surface area contributed by atoms with E-state index in [2.05, 4.69) is 15.9 Å². The summed E-state index contributed by atoms with van der Waals surface area (Å²) in [5.74, 6) is 1.51. The maximum atomic E-state index is 6.56. The van der Waals surface area contributed by atoms with Gasteiger partial charge in [-0.1, -0.05) is 28.1 Å². The fourth-order valence-electron chi connectivity index (χ4n) is 2.17. The molecule has 20 heavy (non-hydrogen) atoms. The van der Waals surface area contributed by atoms with E-state index in [1.165, 1.54) is 0 Å². The van der Waals surface area contributed by atoms with Crippen molar-refractivity contribution in [2.45, 2.75) is 12.5 Å². The lowest BCUT2D eigenvalue weighted by molar-refractivity contribution is 0.389. The Labute approximate surface area is 127 Å². The van der Waals surface area contributed by atoms with Gasteiger partial charge in [-0.25, -0.2) is 0 Å². The summed E-state index contributed by atoms with van der Waals surface area (Å²) >= 11 is 3.43. The Morgan fingerprint density at radius 3 is 2.20 bits per heavy atom. The summed E-state index contributed by atoms with van der Waals surface area (Å²) in [5.41, 5.74) is 7.79. The van der Waals surface area contributed by atoms with Gasteiger partial charge < -0.3 is 15.2 Å². The largest absolute Gasteiger partial charge is 0.497 e. The van der Waals surface area contributed by atoms with Crippen LogP contribution in [0.5, 0.6) is 11.5 Å². The normalized spacial score (nSPS) is 13.7. The fourth-order valence-corrected chi connectivity index (χ4v) is 2.44. The summed E-state index contributed by atoms with van der Waals surface area (Å²) in [6, 6.07) is 13.6. The molecule has 3 nitrogen and oxygen atoms in total. The molecule has 1 atom stereocenters. The van der Waals surface area contributed by atoms with Crippen LogP contribution in [0.15, 0.2) is 46.9 Å². The van der Waals surface area contributed by atoms with Gasteiger partial charge in [0.15, 0.2) is 0 Å². The summed E-state index contributed by atoms with van der Waals surface area (Å²) in [7, 11) is 3.28. The van der Waals surface area contributed by atoms with Gasteiger partial charge in [0.1, 0.15) is 11.5 Å². The Bertz CT molecular complexity index is 594. The third kappa shape index (κ3) is 2.81. The Morgan fingerprint density at radius 2 is 1.65 bits per heavy atom. The van der Waals surface area contributed by atoms with E-state index in [4.69, 9.17) is 15.2 Å². The van der Waals surface area contributed by atoms with Gasteiger partial charge in [0.05, 0.1) is 19.8 Å². The Kier molecular flexibility index (Phi) is 4.35. The molecule has 4 heteroatoms. The maximum Gasteiger partial charge on any atom is 0.124 e. The van der Waals surface area contributed by atoms with Crippen LogP contribution in [-0.2, 0) is 5.54 Å². The number of hydrogen-bond acceptors (Lipinski definition) is 3. The molecule has 0 aromatic heterocycles. The number of nitrogens with two attached hydrogens (primary N) is 1. The Hall–Kier alpha value is -1.52. The monoisotopic (exact) mass is 335 g/mol. The van der Waals surface area contributed by atoms with E-state index in [1.54, 1.807) is 14.2 Å². The second-order valence-corrected chi connectivity index (χ2v) is 5.69. The highest BCUT2D eigenvalue weighted by Gasteiger charge is 2.27. The molecular formula is C16H18BrNO2. The highest BCUT2D eigenvalue weighted by atomic mass is 79.9. The van der Waals surface area contributed by atoms with Gasteiger partial charge in [0.25, 0.3) is 0 Å². The molecule has 0 amide bonds. The van der Waals surface area contributed by atoms with Crippen LogP contribution >= 0.6 is 15.9 Å². The fraction of sp³-hybridized carbons (Fsp3) is 0.250. The lowest BCUT2D eigenvalue weighted by atomic mass is 9.85. The van der Waals surface area contributed by atoms with Crippen LogP contribution in [0.4, 0.5) is 0 Å². The molecule has 0 saturated carbocycles. The quantitative estimate of drug-likeness (QED) is 0.926. The first kappa shape index (κ1) is 14.9. The van der Waals surface area contributed by atoms with E-state index >= 15 is 0 Å². The number of ether oxygens (including phenoxy) is 2. The summed E-state index contributed by atoms with van der Waals surface area (Å²) in [6.45, 7) is 1.97. The molecule has 106 valence electrons. The molecule has 0 aliphatic carbocycles. The van der Waals surface area contributed by atoms with Crippen molar-refractivity contribution >= 4 is 15.9 Å². The molecule has 0 aliphatic heterocycles. The predicted octanol–water partition coefficient (Wildman–Crippen LogP) is 3.69. The van der Waals surface area contributed by atoms with Crippen LogP contribution in [0.3, 0.4) is 0 Å². The first-order valence-corrected chi connectivity index (χ1v) is 7.05.